The van der Waals surface area contributed by atoms with Crippen LogP contribution in [0.3, 0.4) is 0 Å². The van der Waals surface area contributed by atoms with Gasteiger partial charge in [-0.05, 0) is 135 Å². The first-order valence-corrected chi connectivity index (χ1v) is 31.6. The molecule has 0 aromatic rings. The van der Waals surface area contributed by atoms with E-state index >= 15 is 0 Å². The molecule has 0 rings (SSSR count). The summed E-state index contributed by atoms with van der Waals surface area (Å²) in [5, 5.41) is 0. The molecule has 0 aliphatic rings. The van der Waals surface area contributed by atoms with Gasteiger partial charge in [0.25, 0.3) is 0 Å². The molecular formula is C73H114O6. The van der Waals surface area contributed by atoms with Gasteiger partial charge >= 0.3 is 17.9 Å². The van der Waals surface area contributed by atoms with Crippen LogP contribution in [0.5, 0.6) is 0 Å². The summed E-state index contributed by atoms with van der Waals surface area (Å²) in [5.41, 5.74) is 0. The molecule has 0 saturated heterocycles. The number of hydrogen-bond donors (Lipinski definition) is 0. The molecule has 0 N–H and O–H groups in total. The van der Waals surface area contributed by atoms with Gasteiger partial charge < -0.3 is 14.2 Å². The molecule has 1 unspecified atom stereocenters. The quantitative estimate of drug-likeness (QED) is 0.0261. The van der Waals surface area contributed by atoms with Gasteiger partial charge in [-0.15, -0.1) is 0 Å². The van der Waals surface area contributed by atoms with Crippen LogP contribution >= 0.6 is 0 Å². The summed E-state index contributed by atoms with van der Waals surface area (Å²) in [6.45, 7) is 6.27. The van der Waals surface area contributed by atoms with Gasteiger partial charge in [0.15, 0.2) is 6.10 Å². The number of ether oxygens (including phenoxy) is 3. The van der Waals surface area contributed by atoms with Crippen LogP contribution in [-0.4, -0.2) is 37.2 Å². The molecule has 0 bridgehead atoms. The molecule has 0 heterocycles. The predicted molar refractivity (Wildman–Crippen MR) is 343 cm³/mol. The van der Waals surface area contributed by atoms with Crippen molar-refractivity contribution >= 4 is 17.9 Å². The number of rotatable bonds is 55. The van der Waals surface area contributed by atoms with Gasteiger partial charge in [-0.3, -0.25) is 14.4 Å². The maximum Gasteiger partial charge on any atom is 0.310 e. The van der Waals surface area contributed by atoms with Crippen LogP contribution in [0.4, 0.5) is 0 Å². The van der Waals surface area contributed by atoms with Crippen molar-refractivity contribution in [3.05, 3.63) is 170 Å². The minimum atomic E-state index is -0.850. The lowest BCUT2D eigenvalue weighted by atomic mass is 10.1. The molecule has 0 spiro atoms. The van der Waals surface area contributed by atoms with Crippen molar-refractivity contribution in [3.8, 4) is 0 Å². The van der Waals surface area contributed by atoms with Crippen molar-refractivity contribution in [1.29, 1.82) is 0 Å². The van der Waals surface area contributed by atoms with Gasteiger partial charge in [0.05, 0.1) is 6.42 Å². The highest BCUT2D eigenvalue weighted by molar-refractivity contribution is 5.72. The lowest BCUT2D eigenvalue weighted by Gasteiger charge is -2.18. The van der Waals surface area contributed by atoms with Gasteiger partial charge in [0, 0.05) is 12.8 Å². The number of carbonyl (C=O) groups is 3. The summed E-state index contributed by atoms with van der Waals surface area (Å²) in [4.78, 5) is 38.2. The molecule has 0 saturated carbocycles. The second-order valence-electron chi connectivity index (χ2n) is 20.2. The van der Waals surface area contributed by atoms with Gasteiger partial charge in [-0.25, -0.2) is 0 Å². The van der Waals surface area contributed by atoms with E-state index in [4.69, 9.17) is 14.2 Å². The number of allylic oxidation sites excluding steroid dienone is 27. The monoisotopic (exact) mass is 1090 g/mol. The standard InChI is InChI=1S/C73H114O6/c1-4-7-10-13-16-19-22-25-28-29-30-31-32-33-34-35-36-37-38-39-40-41-42-43-46-48-51-54-57-60-63-66-72(75)78-69-70(79-73(76)67-64-61-58-55-52-49-45-27-24-21-18-15-12-9-6-3)68-77-71(74)65-62-59-56-53-50-47-44-26-23-20-17-14-11-8-5-2/h7,9-10,12,16-21,25-28,30-31,33-34,36-37,39-40,44-45,52,55,61,64,70H,4-6,8,11,13-15,22-24,29,32,35,38,41-43,46-51,53-54,56-60,62-63,65-69H2,1-3H3/b10-7-,12-9-,19-16-,20-17-,21-18-,28-25-,31-30-,34-33-,37-36-,40-39-,44-26-,45-27-,55-52-,64-61-. The normalized spacial score (nSPS) is 13.3. The highest BCUT2D eigenvalue weighted by Gasteiger charge is 2.19. The van der Waals surface area contributed by atoms with Crippen LogP contribution in [0.15, 0.2) is 170 Å². The third kappa shape index (κ3) is 63.5. The summed E-state index contributed by atoms with van der Waals surface area (Å²) < 4.78 is 16.8. The molecule has 6 heteroatoms. The summed E-state index contributed by atoms with van der Waals surface area (Å²) in [6, 6.07) is 0. The van der Waals surface area contributed by atoms with E-state index in [0.29, 0.717) is 19.3 Å². The Morgan fingerprint density at radius 2 is 0.532 bits per heavy atom. The Bertz CT molecular complexity index is 1820. The van der Waals surface area contributed by atoms with Crippen LogP contribution < -0.4 is 0 Å². The molecule has 0 aliphatic heterocycles. The van der Waals surface area contributed by atoms with E-state index in [1.54, 1.807) is 6.08 Å². The topological polar surface area (TPSA) is 78.9 Å². The van der Waals surface area contributed by atoms with Crippen molar-refractivity contribution in [2.24, 2.45) is 0 Å². The maximum absolute atomic E-state index is 12.8. The maximum atomic E-state index is 12.8. The first kappa shape index (κ1) is 73.8. The van der Waals surface area contributed by atoms with Crippen LogP contribution in [-0.2, 0) is 28.6 Å². The zero-order valence-corrected chi connectivity index (χ0v) is 50.6. The van der Waals surface area contributed by atoms with E-state index in [9.17, 15) is 14.4 Å². The smallest absolute Gasteiger partial charge is 0.310 e. The minimum absolute atomic E-state index is 0.0849. The number of unbranched alkanes of at least 4 members (excludes halogenated alkanes) is 17. The average molecular weight is 1090 g/mol. The Morgan fingerprint density at radius 3 is 0.835 bits per heavy atom. The van der Waals surface area contributed by atoms with Gasteiger partial charge in [-0.1, -0.05) is 268 Å². The Labute approximate surface area is 485 Å². The number of carbonyl (C=O) groups excluding carboxylic acids is 3. The van der Waals surface area contributed by atoms with Crippen LogP contribution in [0, 0.1) is 0 Å². The van der Waals surface area contributed by atoms with E-state index in [1.165, 1.54) is 64.2 Å². The van der Waals surface area contributed by atoms with Crippen molar-refractivity contribution in [1.82, 2.24) is 0 Å². The average Bonchev–Trinajstić information content (AvgIpc) is 3.45. The van der Waals surface area contributed by atoms with Crippen molar-refractivity contribution < 1.29 is 28.6 Å². The highest BCUT2D eigenvalue weighted by Crippen LogP contribution is 2.14. The largest absolute Gasteiger partial charge is 0.462 e. The molecule has 442 valence electrons. The minimum Gasteiger partial charge on any atom is -0.462 e. The lowest BCUT2D eigenvalue weighted by molar-refractivity contribution is -0.166. The summed E-state index contributed by atoms with van der Waals surface area (Å²) in [5.74, 6) is -1.09. The Balaban J connectivity index is 4.40. The molecule has 0 fully saturated rings. The van der Waals surface area contributed by atoms with Gasteiger partial charge in [0.2, 0.25) is 0 Å². The number of esters is 3. The van der Waals surface area contributed by atoms with Gasteiger partial charge in [0.1, 0.15) is 13.2 Å². The molecule has 79 heavy (non-hydrogen) atoms. The zero-order chi connectivity index (χ0) is 57.1. The van der Waals surface area contributed by atoms with Crippen LogP contribution in [0.2, 0.25) is 0 Å². The Morgan fingerprint density at radius 1 is 0.278 bits per heavy atom. The SMILES string of the molecule is CC/C=C\C/C=C\C/C=C\C/C=C\C/C=C\C/C=C\C/C=C\CCCCCCCCCCCC(=O)OCC(COC(=O)CCCCCCC/C=C\C/C=C\CCCCC)OC(=O)C/C=C\C/C=C\C/C=C\C/C=C\C/C=C\CC. The first-order valence-electron chi connectivity index (χ1n) is 31.6. The van der Waals surface area contributed by atoms with E-state index in [2.05, 4.69) is 179 Å². The second kappa shape index (κ2) is 65.3. The van der Waals surface area contributed by atoms with Crippen LogP contribution in [0.25, 0.3) is 0 Å². The fourth-order valence-corrected chi connectivity index (χ4v) is 8.06. The molecular weight excluding hydrogens is 973 g/mol. The van der Waals surface area contributed by atoms with Crippen LogP contribution in [0.1, 0.15) is 252 Å². The van der Waals surface area contributed by atoms with Crippen molar-refractivity contribution in [2.75, 3.05) is 13.2 Å². The molecule has 0 aliphatic carbocycles. The van der Waals surface area contributed by atoms with E-state index < -0.39 is 12.1 Å². The number of hydrogen-bond acceptors (Lipinski definition) is 6. The zero-order valence-electron chi connectivity index (χ0n) is 50.6. The fraction of sp³-hybridized carbons (Fsp3) is 0.575. The molecule has 0 amide bonds. The lowest BCUT2D eigenvalue weighted by Crippen LogP contribution is -2.30. The summed E-state index contributed by atoms with van der Waals surface area (Å²) in [7, 11) is 0. The molecule has 0 aromatic heterocycles. The third-order valence-corrected chi connectivity index (χ3v) is 12.7. The van der Waals surface area contributed by atoms with E-state index in [0.717, 1.165) is 141 Å². The Hall–Kier alpha value is -5.23. The fourth-order valence-electron chi connectivity index (χ4n) is 8.06. The second-order valence-corrected chi connectivity index (χ2v) is 20.2. The molecule has 0 aromatic carbocycles. The van der Waals surface area contributed by atoms with Crippen molar-refractivity contribution in [3.63, 3.8) is 0 Å². The van der Waals surface area contributed by atoms with Crippen molar-refractivity contribution in [2.45, 2.75) is 258 Å². The first-order chi connectivity index (χ1) is 39.0. The molecule has 0 radical (unpaired) electrons. The highest BCUT2D eigenvalue weighted by atomic mass is 16.6. The van der Waals surface area contributed by atoms with E-state index in [1.807, 2.05) is 6.08 Å². The van der Waals surface area contributed by atoms with E-state index in [-0.39, 0.29) is 31.6 Å². The Kier molecular flexibility index (Phi) is 61.0. The molecule has 1 atom stereocenters. The van der Waals surface area contributed by atoms with Gasteiger partial charge in [-0.2, -0.15) is 0 Å². The summed E-state index contributed by atoms with van der Waals surface area (Å²) in [6.07, 6.45) is 96.7. The predicted octanol–water partition coefficient (Wildman–Crippen LogP) is 21.9. The molecule has 6 nitrogen and oxygen atoms in total. The summed E-state index contributed by atoms with van der Waals surface area (Å²) >= 11 is 0. The third-order valence-electron chi connectivity index (χ3n) is 12.7.